The number of carbonyl (C=O) groups is 1. The van der Waals surface area contributed by atoms with Gasteiger partial charge in [0.25, 0.3) is 0 Å². The number of methoxy groups -OCH3 is 2. The molecule has 0 aromatic carbocycles. The molecule has 0 heterocycles. The third-order valence-electron chi connectivity index (χ3n) is 1.99. The van der Waals surface area contributed by atoms with E-state index in [1.807, 2.05) is 0 Å². The molecule has 0 aliphatic rings. The molecular formula is C9H22N2O4Si. The molecule has 0 saturated carbocycles. The first kappa shape index (κ1) is 15.4. The van der Waals surface area contributed by atoms with Gasteiger partial charge in [0.2, 0.25) is 0 Å². The van der Waals surface area contributed by atoms with Crippen molar-refractivity contribution in [2.75, 3.05) is 27.4 Å². The second kappa shape index (κ2) is 10.9. The van der Waals surface area contributed by atoms with Crippen LogP contribution in [0.5, 0.6) is 0 Å². The van der Waals surface area contributed by atoms with Crippen molar-refractivity contribution < 1.29 is 18.7 Å². The minimum atomic E-state index is -0.593. The van der Waals surface area contributed by atoms with Crippen LogP contribution in [0.15, 0.2) is 0 Å². The quantitative estimate of drug-likeness (QED) is 0.313. The fourth-order valence-electron chi connectivity index (χ4n) is 1.14. The Bertz CT molecular complexity index is 183. The van der Waals surface area contributed by atoms with E-state index in [2.05, 4.69) is 5.32 Å². The van der Waals surface area contributed by atoms with E-state index in [4.69, 9.17) is 19.6 Å². The van der Waals surface area contributed by atoms with Crippen molar-refractivity contribution >= 4 is 15.8 Å². The van der Waals surface area contributed by atoms with E-state index in [-0.39, 0.29) is 6.29 Å². The fourth-order valence-corrected chi connectivity index (χ4v) is 2.32. The molecule has 1 atom stereocenters. The third kappa shape index (κ3) is 9.90. The first-order valence-corrected chi connectivity index (χ1v) is 6.95. The van der Waals surface area contributed by atoms with Crippen LogP contribution in [-0.2, 0) is 13.9 Å². The molecule has 0 aromatic heterocycles. The van der Waals surface area contributed by atoms with Gasteiger partial charge in [-0.25, -0.2) is 4.79 Å². The van der Waals surface area contributed by atoms with E-state index in [0.717, 1.165) is 18.9 Å². The van der Waals surface area contributed by atoms with Crippen molar-refractivity contribution in [3.63, 3.8) is 0 Å². The molecule has 0 radical (unpaired) electrons. The Morgan fingerprint density at radius 1 is 1.50 bits per heavy atom. The van der Waals surface area contributed by atoms with Crippen LogP contribution >= 0.6 is 0 Å². The number of primary amides is 1. The number of nitrogens with two attached hydrogens (primary N) is 1. The average Bonchev–Trinajstić information content (AvgIpc) is 2.26. The van der Waals surface area contributed by atoms with Gasteiger partial charge in [0.1, 0.15) is 6.29 Å². The van der Waals surface area contributed by atoms with E-state index >= 15 is 0 Å². The average molecular weight is 250 g/mol. The number of hydrogen-bond donors (Lipinski definition) is 2. The lowest BCUT2D eigenvalue weighted by molar-refractivity contribution is -0.0679. The fraction of sp³-hybridized carbons (Fsp3) is 0.889. The van der Waals surface area contributed by atoms with Gasteiger partial charge in [-0.2, -0.15) is 0 Å². The Kier molecular flexibility index (Phi) is 10.4. The van der Waals surface area contributed by atoms with Gasteiger partial charge < -0.3 is 25.0 Å². The molecule has 0 aliphatic carbocycles. The molecule has 1 unspecified atom stereocenters. The lowest BCUT2D eigenvalue weighted by Gasteiger charge is -2.15. The molecule has 7 heteroatoms. The van der Waals surface area contributed by atoms with Crippen LogP contribution < -0.4 is 11.1 Å². The van der Waals surface area contributed by atoms with E-state index < -0.39 is 15.8 Å². The minimum Gasteiger partial charge on any atom is -0.400 e. The van der Waals surface area contributed by atoms with Gasteiger partial charge >= 0.3 is 6.03 Å². The molecule has 6 nitrogen and oxygen atoms in total. The van der Waals surface area contributed by atoms with Crippen LogP contribution in [0.1, 0.15) is 12.8 Å². The normalized spacial score (nSPS) is 13.1. The summed E-state index contributed by atoms with van der Waals surface area (Å²) < 4.78 is 15.7. The second-order valence-electron chi connectivity index (χ2n) is 3.32. The standard InChI is InChI=1S/C9H22N2O4Si/c1-13-6-4-8(14-2)15-16-7-3-5-11-9(10)12/h8H,3-7,16H2,1-2H3,(H3,10,11,12). The maximum absolute atomic E-state index is 10.4. The highest BCUT2D eigenvalue weighted by atomic mass is 28.2. The zero-order valence-corrected chi connectivity index (χ0v) is 11.4. The predicted molar refractivity (Wildman–Crippen MR) is 63.9 cm³/mol. The molecule has 0 aliphatic heterocycles. The maximum Gasteiger partial charge on any atom is 0.312 e. The molecule has 0 spiro atoms. The Morgan fingerprint density at radius 2 is 2.25 bits per heavy atom. The zero-order chi connectivity index (χ0) is 12.2. The Balaban J connectivity index is 3.30. The molecule has 0 aromatic rings. The molecule has 0 fully saturated rings. The summed E-state index contributed by atoms with van der Waals surface area (Å²) in [6.07, 6.45) is 1.49. The Hall–Kier alpha value is -0.633. The number of hydrogen-bond acceptors (Lipinski definition) is 4. The number of amides is 2. The van der Waals surface area contributed by atoms with E-state index in [9.17, 15) is 4.79 Å². The summed E-state index contributed by atoms with van der Waals surface area (Å²) in [6.45, 7) is 1.25. The summed E-state index contributed by atoms with van der Waals surface area (Å²) in [7, 11) is 2.69. The largest absolute Gasteiger partial charge is 0.400 e. The van der Waals surface area contributed by atoms with Crippen LogP contribution in [-0.4, -0.2) is 49.5 Å². The van der Waals surface area contributed by atoms with Crippen molar-refractivity contribution in [3.8, 4) is 0 Å². The number of nitrogens with one attached hydrogen (secondary N) is 1. The predicted octanol–water partition coefficient (Wildman–Crippen LogP) is -0.427. The summed E-state index contributed by atoms with van der Waals surface area (Å²) in [5.41, 5.74) is 4.93. The highest BCUT2D eigenvalue weighted by Crippen LogP contribution is 2.00. The monoisotopic (exact) mass is 250 g/mol. The number of urea groups is 1. The van der Waals surface area contributed by atoms with Gasteiger partial charge in [-0.05, 0) is 12.5 Å². The van der Waals surface area contributed by atoms with Crippen molar-refractivity contribution in [2.24, 2.45) is 5.73 Å². The number of carbonyl (C=O) groups excluding carboxylic acids is 1. The molecule has 16 heavy (non-hydrogen) atoms. The smallest absolute Gasteiger partial charge is 0.312 e. The minimum absolute atomic E-state index is 0.157. The van der Waals surface area contributed by atoms with Gasteiger partial charge in [0.05, 0.1) is 6.61 Å². The van der Waals surface area contributed by atoms with E-state index in [0.29, 0.717) is 13.2 Å². The Labute approximate surface area is 98.7 Å². The van der Waals surface area contributed by atoms with Gasteiger partial charge in [-0.15, -0.1) is 0 Å². The van der Waals surface area contributed by atoms with E-state index in [1.54, 1.807) is 14.2 Å². The van der Waals surface area contributed by atoms with Gasteiger partial charge in [0.15, 0.2) is 9.76 Å². The number of ether oxygens (including phenoxy) is 2. The van der Waals surface area contributed by atoms with Crippen molar-refractivity contribution in [3.05, 3.63) is 0 Å². The van der Waals surface area contributed by atoms with Crippen LogP contribution in [0, 0.1) is 0 Å². The van der Waals surface area contributed by atoms with Gasteiger partial charge in [0, 0.05) is 27.2 Å². The van der Waals surface area contributed by atoms with E-state index in [1.165, 1.54) is 0 Å². The lowest BCUT2D eigenvalue weighted by Crippen LogP contribution is -2.30. The Morgan fingerprint density at radius 3 is 2.81 bits per heavy atom. The molecule has 3 N–H and O–H groups in total. The zero-order valence-electron chi connectivity index (χ0n) is 10.0. The highest BCUT2D eigenvalue weighted by molar-refractivity contribution is 6.27. The first-order valence-electron chi connectivity index (χ1n) is 5.37. The maximum atomic E-state index is 10.4. The molecule has 0 saturated heterocycles. The van der Waals surface area contributed by atoms with Gasteiger partial charge in [-0.1, -0.05) is 0 Å². The molecule has 0 rings (SSSR count). The topological polar surface area (TPSA) is 82.8 Å². The SMILES string of the molecule is COCCC(OC)O[SiH2]CCCNC(N)=O. The summed E-state index contributed by atoms with van der Waals surface area (Å²) in [5, 5.41) is 2.54. The molecule has 0 bridgehead atoms. The summed E-state index contributed by atoms with van der Waals surface area (Å²) in [5.74, 6) is 0. The van der Waals surface area contributed by atoms with Crippen molar-refractivity contribution in [1.29, 1.82) is 0 Å². The summed E-state index contributed by atoms with van der Waals surface area (Å²) in [4.78, 5) is 10.4. The van der Waals surface area contributed by atoms with Crippen molar-refractivity contribution in [2.45, 2.75) is 25.2 Å². The molecular weight excluding hydrogens is 228 g/mol. The lowest BCUT2D eigenvalue weighted by atomic mass is 10.4. The highest BCUT2D eigenvalue weighted by Gasteiger charge is 2.06. The van der Waals surface area contributed by atoms with Crippen molar-refractivity contribution in [1.82, 2.24) is 5.32 Å². The molecule has 96 valence electrons. The second-order valence-corrected chi connectivity index (χ2v) is 4.76. The molecule has 2 amide bonds. The van der Waals surface area contributed by atoms with Crippen LogP contribution in [0.25, 0.3) is 0 Å². The first-order chi connectivity index (χ1) is 7.70. The summed E-state index contributed by atoms with van der Waals surface area (Å²) >= 11 is 0. The third-order valence-corrected chi connectivity index (χ3v) is 3.39. The van der Waals surface area contributed by atoms with Gasteiger partial charge in [-0.3, -0.25) is 0 Å². The van der Waals surface area contributed by atoms with Crippen LogP contribution in [0.4, 0.5) is 4.79 Å². The van der Waals surface area contributed by atoms with Crippen LogP contribution in [0.3, 0.4) is 0 Å². The summed E-state index contributed by atoms with van der Waals surface area (Å²) in [6, 6.07) is 0.519. The number of rotatable bonds is 10. The van der Waals surface area contributed by atoms with Crippen LogP contribution in [0.2, 0.25) is 6.04 Å².